The van der Waals surface area contributed by atoms with E-state index in [0.717, 1.165) is 24.1 Å². The Morgan fingerprint density at radius 2 is 2.18 bits per heavy atom. The molecular formula is C13H21N3O. The standard InChI is InChI=1S/C13H21N3O/c1-8-2-5-10(6-8)12-15-13(17-16-12)11(14)7-9-3-4-9/h8-11H,2-7,14H2,1H3/t8?,10?,11-/m0/s1. The van der Waals surface area contributed by atoms with Gasteiger partial charge in [0.2, 0.25) is 5.89 Å². The Kier molecular flexibility index (Phi) is 2.90. The summed E-state index contributed by atoms with van der Waals surface area (Å²) in [6.07, 6.45) is 7.30. The van der Waals surface area contributed by atoms with Crippen LogP contribution in [0.2, 0.25) is 0 Å². The summed E-state index contributed by atoms with van der Waals surface area (Å²) in [7, 11) is 0. The van der Waals surface area contributed by atoms with Crippen molar-refractivity contribution in [3.63, 3.8) is 0 Å². The molecule has 17 heavy (non-hydrogen) atoms. The molecule has 0 amide bonds. The number of aromatic nitrogens is 2. The van der Waals surface area contributed by atoms with E-state index >= 15 is 0 Å². The molecule has 2 saturated carbocycles. The van der Waals surface area contributed by atoms with Gasteiger partial charge in [0.05, 0.1) is 6.04 Å². The lowest BCUT2D eigenvalue weighted by molar-refractivity contribution is 0.338. The molecule has 0 radical (unpaired) electrons. The minimum Gasteiger partial charge on any atom is -0.338 e. The Balaban J connectivity index is 1.64. The molecule has 2 fully saturated rings. The van der Waals surface area contributed by atoms with Gasteiger partial charge in [-0.2, -0.15) is 4.98 Å². The molecule has 1 aromatic heterocycles. The first-order valence-electron chi connectivity index (χ1n) is 6.81. The topological polar surface area (TPSA) is 64.9 Å². The zero-order valence-corrected chi connectivity index (χ0v) is 10.4. The first-order chi connectivity index (χ1) is 8.22. The highest BCUT2D eigenvalue weighted by Gasteiger charge is 2.30. The van der Waals surface area contributed by atoms with Crippen LogP contribution in [0.1, 0.15) is 69.1 Å². The molecule has 3 rings (SSSR count). The van der Waals surface area contributed by atoms with Crippen LogP contribution < -0.4 is 5.73 Å². The predicted molar refractivity (Wildman–Crippen MR) is 64.3 cm³/mol. The predicted octanol–water partition coefficient (Wildman–Crippen LogP) is 2.77. The summed E-state index contributed by atoms with van der Waals surface area (Å²) in [5.41, 5.74) is 6.08. The minimum absolute atomic E-state index is 0.0532. The average Bonchev–Trinajstić information content (AvgIpc) is 2.81. The third-order valence-corrected chi connectivity index (χ3v) is 4.12. The van der Waals surface area contributed by atoms with E-state index in [1.165, 1.54) is 32.1 Å². The Labute approximate surface area is 102 Å². The molecule has 94 valence electrons. The summed E-state index contributed by atoms with van der Waals surface area (Å²) >= 11 is 0. The van der Waals surface area contributed by atoms with Crippen LogP contribution in [0.5, 0.6) is 0 Å². The van der Waals surface area contributed by atoms with Crippen LogP contribution in [-0.4, -0.2) is 10.1 Å². The number of nitrogens with zero attached hydrogens (tertiary/aromatic N) is 2. The third kappa shape index (κ3) is 2.51. The maximum Gasteiger partial charge on any atom is 0.243 e. The molecule has 2 aliphatic carbocycles. The van der Waals surface area contributed by atoms with Crippen LogP contribution in [0.3, 0.4) is 0 Å². The van der Waals surface area contributed by atoms with Crippen LogP contribution in [0.4, 0.5) is 0 Å². The second kappa shape index (κ2) is 4.41. The summed E-state index contributed by atoms with van der Waals surface area (Å²) in [4.78, 5) is 4.50. The van der Waals surface area contributed by atoms with Crippen molar-refractivity contribution in [1.29, 1.82) is 0 Å². The summed E-state index contributed by atoms with van der Waals surface area (Å²) in [5.74, 6) is 3.62. The first kappa shape index (κ1) is 11.2. The van der Waals surface area contributed by atoms with Gasteiger partial charge < -0.3 is 10.3 Å². The second-order valence-corrected chi connectivity index (χ2v) is 5.89. The fourth-order valence-corrected chi connectivity index (χ4v) is 2.82. The minimum atomic E-state index is -0.0532. The number of hydrogen-bond donors (Lipinski definition) is 1. The van der Waals surface area contributed by atoms with E-state index in [4.69, 9.17) is 10.3 Å². The highest BCUT2D eigenvalue weighted by Crippen LogP contribution is 2.38. The highest BCUT2D eigenvalue weighted by molar-refractivity contribution is 5.01. The van der Waals surface area contributed by atoms with E-state index in [1.54, 1.807) is 0 Å². The van der Waals surface area contributed by atoms with Gasteiger partial charge in [0.15, 0.2) is 5.82 Å². The summed E-state index contributed by atoms with van der Waals surface area (Å²) < 4.78 is 5.32. The molecule has 4 nitrogen and oxygen atoms in total. The second-order valence-electron chi connectivity index (χ2n) is 5.89. The maximum absolute atomic E-state index is 6.08. The van der Waals surface area contributed by atoms with E-state index in [1.807, 2.05) is 0 Å². The van der Waals surface area contributed by atoms with Gasteiger partial charge in [-0.3, -0.25) is 0 Å². The summed E-state index contributed by atoms with van der Waals surface area (Å²) in [6.45, 7) is 2.29. The van der Waals surface area contributed by atoms with Crippen LogP contribution in [0.15, 0.2) is 4.52 Å². The lowest BCUT2D eigenvalue weighted by atomic mass is 10.1. The molecule has 0 aliphatic heterocycles. The number of rotatable bonds is 4. The normalized spacial score (nSPS) is 30.7. The quantitative estimate of drug-likeness (QED) is 0.871. The van der Waals surface area contributed by atoms with Crippen molar-refractivity contribution in [3.05, 3.63) is 11.7 Å². The molecule has 0 aromatic carbocycles. The Morgan fingerprint density at radius 1 is 1.35 bits per heavy atom. The molecule has 1 heterocycles. The smallest absolute Gasteiger partial charge is 0.243 e. The zero-order chi connectivity index (χ0) is 11.8. The molecule has 2 aliphatic rings. The van der Waals surface area contributed by atoms with Gasteiger partial charge in [-0.1, -0.05) is 24.9 Å². The lowest BCUT2D eigenvalue weighted by Gasteiger charge is -2.04. The monoisotopic (exact) mass is 235 g/mol. The average molecular weight is 235 g/mol. The molecule has 0 saturated heterocycles. The summed E-state index contributed by atoms with van der Waals surface area (Å²) in [5, 5.41) is 4.12. The maximum atomic E-state index is 6.08. The molecule has 3 atom stereocenters. The lowest BCUT2D eigenvalue weighted by Crippen LogP contribution is -2.11. The van der Waals surface area contributed by atoms with Crippen LogP contribution in [0.25, 0.3) is 0 Å². The largest absolute Gasteiger partial charge is 0.338 e. The molecule has 0 bridgehead atoms. The van der Waals surface area contributed by atoms with E-state index in [2.05, 4.69) is 17.1 Å². The van der Waals surface area contributed by atoms with E-state index in [9.17, 15) is 0 Å². The fourth-order valence-electron chi connectivity index (χ4n) is 2.82. The van der Waals surface area contributed by atoms with Gasteiger partial charge in [-0.25, -0.2) is 0 Å². The van der Waals surface area contributed by atoms with Gasteiger partial charge >= 0.3 is 0 Å². The SMILES string of the molecule is CC1CCC(c2noc([C@@H](N)CC3CC3)n2)C1. The molecule has 4 heteroatoms. The van der Waals surface area contributed by atoms with Crippen molar-refractivity contribution < 1.29 is 4.52 Å². The first-order valence-corrected chi connectivity index (χ1v) is 6.81. The van der Waals surface area contributed by atoms with Crippen LogP contribution in [-0.2, 0) is 0 Å². The summed E-state index contributed by atoms with van der Waals surface area (Å²) in [6, 6.07) is -0.0532. The highest BCUT2D eigenvalue weighted by atomic mass is 16.5. The van der Waals surface area contributed by atoms with Gasteiger partial charge in [0.25, 0.3) is 0 Å². The van der Waals surface area contributed by atoms with Gasteiger partial charge in [-0.05, 0) is 37.5 Å². The van der Waals surface area contributed by atoms with Crippen molar-refractivity contribution in [2.75, 3.05) is 0 Å². The van der Waals surface area contributed by atoms with E-state index < -0.39 is 0 Å². The van der Waals surface area contributed by atoms with Gasteiger partial charge in [0.1, 0.15) is 0 Å². The molecule has 1 aromatic rings. The Bertz CT molecular complexity index is 386. The van der Waals surface area contributed by atoms with Crippen molar-refractivity contribution in [3.8, 4) is 0 Å². The van der Waals surface area contributed by atoms with Gasteiger partial charge in [0, 0.05) is 5.92 Å². The number of nitrogens with two attached hydrogens (primary N) is 1. The number of hydrogen-bond acceptors (Lipinski definition) is 4. The zero-order valence-electron chi connectivity index (χ0n) is 10.4. The fraction of sp³-hybridized carbons (Fsp3) is 0.846. The van der Waals surface area contributed by atoms with Crippen molar-refractivity contribution in [2.24, 2.45) is 17.6 Å². The van der Waals surface area contributed by atoms with Crippen molar-refractivity contribution in [2.45, 2.75) is 57.4 Å². The van der Waals surface area contributed by atoms with Crippen LogP contribution >= 0.6 is 0 Å². The van der Waals surface area contributed by atoms with Crippen molar-refractivity contribution >= 4 is 0 Å². The van der Waals surface area contributed by atoms with Crippen molar-refractivity contribution in [1.82, 2.24) is 10.1 Å². The molecule has 2 N–H and O–H groups in total. The Hall–Kier alpha value is -0.900. The third-order valence-electron chi connectivity index (χ3n) is 4.12. The Morgan fingerprint density at radius 3 is 2.82 bits per heavy atom. The van der Waals surface area contributed by atoms with Crippen LogP contribution in [0, 0.1) is 11.8 Å². The van der Waals surface area contributed by atoms with E-state index in [0.29, 0.717) is 11.8 Å². The molecular weight excluding hydrogens is 214 g/mol. The molecule has 2 unspecified atom stereocenters. The molecule has 0 spiro atoms. The van der Waals surface area contributed by atoms with Gasteiger partial charge in [-0.15, -0.1) is 0 Å². The van der Waals surface area contributed by atoms with E-state index in [-0.39, 0.29) is 6.04 Å².